The summed E-state index contributed by atoms with van der Waals surface area (Å²) in [6, 6.07) is 0. The zero-order valence-electron chi connectivity index (χ0n) is 5.87. The molecule has 1 fully saturated rings. The van der Waals surface area contributed by atoms with Crippen LogP contribution < -0.4 is 0 Å². The van der Waals surface area contributed by atoms with E-state index in [1.807, 2.05) is 6.08 Å². The smallest absolute Gasteiger partial charge is 0.309 e. The molecule has 0 aliphatic carbocycles. The summed E-state index contributed by atoms with van der Waals surface area (Å²) in [6.07, 6.45) is 4.24. The Hall–Kier alpha value is -0.830. The van der Waals surface area contributed by atoms with Crippen molar-refractivity contribution in [1.29, 1.82) is 0 Å². The third-order valence-electron chi connectivity index (χ3n) is 1.22. The monoisotopic (exact) mass is 142 g/mol. The van der Waals surface area contributed by atoms with E-state index in [1.54, 1.807) is 6.08 Å². The molecule has 1 saturated heterocycles. The number of methoxy groups -OCH3 is 1. The summed E-state index contributed by atoms with van der Waals surface area (Å²) in [5.41, 5.74) is 0. The highest BCUT2D eigenvalue weighted by molar-refractivity contribution is 5.70. The van der Waals surface area contributed by atoms with Crippen LogP contribution in [0.25, 0.3) is 0 Å². The van der Waals surface area contributed by atoms with Gasteiger partial charge < -0.3 is 9.47 Å². The number of rotatable bonds is 3. The van der Waals surface area contributed by atoms with E-state index < -0.39 is 0 Å². The molecule has 3 nitrogen and oxygen atoms in total. The zero-order valence-corrected chi connectivity index (χ0v) is 5.87. The molecule has 1 unspecified atom stereocenters. The fraction of sp³-hybridized carbons (Fsp3) is 0.571. The van der Waals surface area contributed by atoms with Crippen LogP contribution in [0.3, 0.4) is 0 Å². The topological polar surface area (TPSA) is 38.8 Å². The standard InChI is InChI=1S/C7H10O3/c1-9-7(8)4-2-3-6-5-10-6/h2-3,6H,4-5H2,1H3/b3-2+. The van der Waals surface area contributed by atoms with Crippen LogP contribution in [0.15, 0.2) is 12.2 Å². The highest BCUT2D eigenvalue weighted by Crippen LogP contribution is 2.09. The Kier molecular flexibility index (Phi) is 2.45. The molecule has 1 aliphatic rings. The lowest BCUT2D eigenvalue weighted by Crippen LogP contribution is -1.96. The molecule has 1 atom stereocenters. The Balaban J connectivity index is 2.07. The van der Waals surface area contributed by atoms with E-state index in [-0.39, 0.29) is 12.1 Å². The minimum atomic E-state index is -0.211. The zero-order chi connectivity index (χ0) is 7.40. The van der Waals surface area contributed by atoms with Gasteiger partial charge in [0.1, 0.15) is 0 Å². The maximum absolute atomic E-state index is 10.5. The van der Waals surface area contributed by atoms with Gasteiger partial charge in [-0.25, -0.2) is 0 Å². The number of esters is 1. The van der Waals surface area contributed by atoms with Crippen molar-refractivity contribution >= 4 is 5.97 Å². The van der Waals surface area contributed by atoms with Gasteiger partial charge in [-0.3, -0.25) is 4.79 Å². The third kappa shape index (κ3) is 2.64. The number of hydrogen-bond acceptors (Lipinski definition) is 3. The highest BCUT2D eigenvalue weighted by atomic mass is 16.6. The van der Waals surface area contributed by atoms with Crippen LogP contribution >= 0.6 is 0 Å². The molecule has 0 radical (unpaired) electrons. The number of ether oxygens (including phenoxy) is 2. The van der Waals surface area contributed by atoms with Crippen LogP contribution in [0, 0.1) is 0 Å². The second-order valence-corrected chi connectivity index (χ2v) is 2.08. The van der Waals surface area contributed by atoms with Gasteiger partial charge in [0, 0.05) is 0 Å². The van der Waals surface area contributed by atoms with Crippen LogP contribution in [0.1, 0.15) is 6.42 Å². The first-order chi connectivity index (χ1) is 4.83. The van der Waals surface area contributed by atoms with E-state index in [1.165, 1.54) is 7.11 Å². The SMILES string of the molecule is COC(=O)C/C=C/C1CO1. The van der Waals surface area contributed by atoms with Crippen molar-refractivity contribution in [1.82, 2.24) is 0 Å². The van der Waals surface area contributed by atoms with Crippen molar-refractivity contribution < 1.29 is 14.3 Å². The van der Waals surface area contributed by atoms with Gasteiger partial charge in [-0.2, -0.15) is 0 Å². The third-order valence-corrected chi connectivity index (χ3v) is 1.22. The molecule has 1 aliphatic heterocycles. The molecule has 0 aromatic heterocycles. The Morgan fingerprint density at radius 1 is 1.90 bits per heavy atom. The van der Waals surface area contributed by atoms with Gasteiger partial charge in [-0.05, 0) is 0 Å². The number of carbonyl (C=O) groups is 1. The Bertz CT molecular complexity index is 147. The molecule has 3 heteroatoms. The second kappa shape index (κ2) is 3.37. The van der Waals surface area contributed by atoms with Crippen LogP contribution in [0.2, 0.25) is 0 Å². The molecule has 0 amide bonds. The van der Waals surface area contributed by atoms with Crippen molar-refractivity contribution in [3.05, 3.63) is 12.2 Å². The first-order valence-corrected chi connectivity index (χ1v) is 3.18. The number of hydrogen-bond donors (Lipinski definition) is 0. The molecule has 0 saturated carbocycles. The average molecular weight is 142 g/mol. The lowest BCUT2D eigenvalue weighted by molar-refractivity contribution is -0.139. The Morgan fingerprint density at radius 2 is 2.60 bits per heavy atom. The van der Waals surface area contributed by atoms with E-state index in [4.69, 9.17) is 4.74 Å². The van der Waals surface area contributed by atoms with Crippen LogP contribution in [0.4, 0.5) is 0 Å². The van der Waals surface area contributed by atoms with Crippen molar-refractivity contribution in [2.24, 2.45) is 0 Å². The summed E-state index contributed by atoms with van der Waals surface area (Å²) in [4.78, 5) is 10.5. The van der Waals surface area contributed by atoms with Gasteiger partial charge >= 0.3 is 5.97 Å². The fourth-order valence-corrected chi connectivity index (χ4v) is 0.566. The maximum atomic E-state index is 10.5. The van der Waals surface area contributed by atoms with Crippen LogP contribution in [-0.2, 0) is 14.3 Å². The van der Waals surface area contributed by atoms with E-state index in [0.29, 0.717) is 6.42 Å². The quantitative estimate of drug-likeness (QED) is 0.327. The predicted octanol–water partition coefficient (Wildman–Crippen LogP) is 0.504. The van der Waals surface area contributed by atoms with E-state index in [2.05, 4.69) is 4.74 Å². The largest absolute Gasteiger partial charge is 0.469 e. The van der Waals surface area contributed by atoms with Gasteiger partial charge in [0.2, 0.25) is 0 Å². The van der Waals surface area contributed by atoms with E-state index in [9.17, 15) is 4.79 Å². The molecule has 1 heterocycles. The number of carbonyl (C=O) groups excluding carboxylic acids is 1. The Morgan fingerprint density at radius 3 is 3.10 bits per heavy atom. The Labute approximate surface area is 59.6 Å². The first-order valence-electron chi connectivity index (χ1n) is 3.18. The van der Waals surface area contributed by atoms with Gasteiger partial charge in [0.05, 0.1) is 26.2 Å². The maximum Gasteiger partial charge on any atom is 0.309 e. The molecule has 0 N–H and O–H groups in total. The fourth-order valence-electron chi connectivity index (χ4n) is 0.566. The average Bonchev–Trinajstić information content (AvgIpc) is 2.71. The summed E-state index contributed by atoms with van der Waals surface area (Å²) in [5.74, 6) is -0.211. The summed E-state index contributed by atoms with van der Waals surface area (Å²) < 4.78 is 9.31. The molecule has 0 aromatic carbocycles. The first kappa shape index (κ1) is 7.28. The van der Waals surface area contributed by atoms with Crippen LogP contribution in [-0.4, -0.2) is 25.8 Å². The van der Waals surface area contributed by atoms with Gasteiger partial charge in [0.15, 0.2) is 0 Å². The number of epoxide rings is 1. The predicted molar refractivity (Wildman–Crippen MR) is 35.5 cm³/mol. The molecule has 56 valence electrons. The lowest BCUT2D eigenvalue weighted by atomic mass is 10.3. The van der Waals surface area contributed by atoms with Crippen molar-refractivity contribution in [3.8, 4) is 0 Å². The highest BCUT2D eigenvalue weighted by Gasteiger charge is 2.17. The van der Waals surface area contributed by atoms with Gasteiger partial charge in [0.25, 0.3) is 0 Å². The summed E-state index contributed by atoms with van der Waals surface area (Å²) in [5, 5.41) is 0. The second-order valence-electron chi connectivity index (χ2n) is 2.08. The van der Waals surface area contributed by atoms with Crippen molar-refractivity contribution in [2.45, 2.75) is 12.5 Å². The molecular weight excluding hydrogens is 132 g/mol. The summed E-state index contributed by atoms with van der Waals surface area (Å²) >= 11 is 0. The summed E-state index contributed by atoms with van der Waals surface area (Å²) in [7, 11) is 1.38. The van der Waals surface area contributed by atoms with Crippen molar-refractivity contribution in [2.75, 3.05) is 13.7 Å². The van der Waals surface area contributed by atoms with E-state index in [0.717, 1.165) is 6.61 Å². The summed E-state index contributed by atoms with van der Waals surface area (Å²) in [6.45, 7) is 0.789. The lowest BCUT2D eigenvalue weighted by Gasteiger charge is -1.90. The van der Waals surface area contributed by atoms with Gasteiger partial charge in [-0.15, -0.1) is 0 Å². The molecule has 10 heavy (non-hydrogen) atoms. The van der Waals surface area contributed by atoms with Gasteiger partial charge in [-0.1, -0.05) is 12.2 Å². The molecular formula is C7H10O3. The molecule has 0 spiro atoms. The normalized spacial score (nSPS) is 23.1. The molecule has 1 rings (SSSR count). The molecule has 0 aromatic rings. The minimum absolute atomic E-state index is 0.211. The van der Waals surface area contributed by atoms with Crippen molar-refractivity contribution in [3.63, 3.8) is 0 Å². The van der Waals surface area contributed by atoms with E-state index >= 15 is 0 Å². The van der Waals surface area contributed by atoms with Crippen LogP contribution in [0.5, 0.6) is 0 Å². The minimum Gasteiger partial charge on any atom is -0.469 e. The molecule has 0 bridgehead atoms.